The molecule has 0 nitrogen and oxygen atoms in total. The molecule has 0 unspecified atom stereocenters. The molecule has 206 valence electrons. The molecule has 0 radical (unpaired) electrons. The van der Waals surface area contributed by atoms with Crippen LogP contribution in [0.4, 0.5) is 0 Å². The second kappa shape index (κ2) is 12.8. The molecule has 0 aromatic heterocycles. The number of hydrogen-bond donors (Lipinski definition) is 0. The number of rotatable bonds is 0. The summed E-state index contributed by atoms with van der Waals surface area (Å²) in [6, 6.07) is 42.2. The van der Waals surface area contributed by atoms with Gasteiger partial charge >= 0.3 is 0 Å². The van der Waals surface area contributed by atoms with Gasteiger partial charge in [0.1, 0.15) is 0 Å². The van der Waals surface area contributed by atoms with Crippen LogP contribution < -0.4 is 0 Å². The quantitative estimate of drug-likeness (QED) is 0.133. The fourth-order valence-corrected chi connectivity index (χ4v) is 7.17. The van der Waals surface area contributed by atoms with Crippen molar-refractivity contribution in [2.45, 2.75) is 0 Å². The molecule has 0 heterocycles. The monoisotopic (exact) mass is 838 g/mol. The highest BCUT2D eigenvalue weighted by molar-refractivity contribution is 9.93. The van der Waals surface area contributed by atoms with Crippen molar-refractivity contribution in [3.05, 3.63) is 140 Å². The average Bonchev–Trinajstić information content (AvgIpc) is 3.03. The molecule has 8 aromatic carbocycles. The van der Waals surface area contributed by atoms with Gasteiger partial charge in [0.25, 0.3) is 0 Å². The number of halogens is 6. The summed E-state index contributed by atoms with van der Waals surface area (Å²) in [5.74, 6) is 0. The Morgan fingerprint density at radius 2 is 0.762 bits per heavy atom. The lowest BCUT2D eigenvalue weighted by Gasteiger charge is -2.11. The number of benzene rings is 8. The van der Waals surface area contributed by atoms with E-state index < -0.39 is 0 Å². The van der Waals surface area contributed by atoms with Crippen LogP contribution in [-0.2, 0) is 0 Å². The molecule has 42 heavy (non-hydrogen) atoms. The van der Waals surface area contributed by atoms with Gasteiger partial charge in [-0.3, -0.25) is 0 Å². The molecule has 0 saturated heterocycles. The maximum atomic E-state index is 6.14. The molecule has 0 aliphatic carbocycles. The number of fused-ring (bicyclic) bond motifs is 10. The van der Waals surface area contributed by atoms with Gasteiger partial charge in [0, 0.05) is 47.2 Å². The summed E-state index contributed by atoms with van der Waals surface area (Å²) in [5.41, 5.74) is 0. The van der Waals surface area contributed by atoms with E-state index in [1.807, 2.05) is 24.3 Å². The average molecular weight is 843 g/mol. The summed E-state index contributed by atoms with van der Waals surface area (Å²) in [6.45, 7) is 0. The van der Waals surface area contributed by atoms with Crippen molar-refractivity contribution in [3.8, 4) is 0 Å². The first-order chi connectivity index (χ1) is 20.5. The van der Waals surface area contributed by atoms with Crippen molar-refractivity contribution in [2.75, 3.05) is 0 Å². The molecule has 6 heteroatoms. The van der Waals surface area contributed by atoms with Crippen LogP contribution in [0.25, 0.3) is 64.6 Å². The Hall–Kier alpha value is -2.18. The first-order valence-corrected chi connectivity index (χ1v) is 19.1. The van der Waals surface area contributed by atoms with Crippen molar-refractivity contribution in [2.24, 2.45) is 0 Å². The Morgan fingerprint density at radius 1 is 0.333 bits per heavy atom. The summed E-state index contributed by atoms with van der Waals surface area (Å²) >= 11 is 25.1. The zero-order valence-corrected chi connectivity index (χ0v) is 29.7. The molecule has 0 fully saturated rings. The van der Waals surface area contributed by atoms with Gasteiger partial charge < -0.3 is 0 Å². The molecule has 0 spiro atoms. The number of hydrogen-bond acceptors (Lipinski definition) is 0. The Bertz CT molecular complexity index is 2280. The van der Waals surface area contributed by atoms with Crippen molar-refractivity contribution < 1.29 is 0 Å². The molecule has 8 rings (SSSR count). The summed E-state index contributed by atoms with van der Waals surface area (Å²) in [7, 11) is 0. The maximum Gasteiger partial charge on any atom is 0.0412 e. The highest BCUT2D eigenvalue weighted by atomic mass is 80.9. The van der Waals surface area contributed by atoms with Gasteiger partial charge in [0.05, 0.1) is 0 Å². The lowest BCUT2D eigenvalue weighted by Crippen LogP contribution is -1.84. The molecule has 0 atom stereocenters. The third kappa shape index (κ3) is 5.58. The van der Waals surface area contributed by atoms with Crippen LogP contribution in [0.3, 0.4) is 0 Å². The molecule has 0 amide bonds. The molecule has 0 aliphatic rings. The highest BCUT2D eigenvalue weighted by Gasteiger charge is 2.11. The molecular formula is C36H20Br4Cl2. The first kappa shape index (κ1) is 29.9. The van der Waals surface area contributed by atoms with Crippen LogP contribution in [0.5, 0.6) is 0 Å². The van der Waals surface area contributed by atoms with E-state index in [0.29, 0.717) is 0 Å². The van der Waals surface area contributed by atoms with Gasteiger partial charge in [-0.15, -0.1) is 0 Å². The predicted molar refractivity (Wildman–Crippen MR) is 201 cm³/mol. The molecule has 0 N–H and O–H groups in total. The third-order valence-electron chi connectivity index (χ3n) is 7.54. The van der Waals surface area contributed by atoms with E-state index in [4.69, 9.17) is 23.2 Å². The van der Waals surface area contributed by atoms with Crippen molar-refractivity contribution in [1.29, 1.82) is 0 Å². The Morgan fingerprint density at radius 3 is 1.45 bits per heavy atom. The van der Waals surface area contributed by atoms with Crippen LogP contribution >= 0.6 is 83.3 Å². The third-order valence-corrected chi connectivity index (χ3v) is 9.32. The smallest absolute Gasteiger partial charge is 0.0412 e. The minimum Gasteiger partial charge on any atom is -0.0843 e. The molecule has 0 aliphatic heterocycles. The van der Waals surface area contributed by atoms with Crippen molar-refractivity contribution in [3.63, 3.8) is 0 Å². The highest BCUT2D eigenvalue weighted by Crippen LogP contribution is 2.39. The largest absolute Gasteiger partial charge is 0.0843 e. The lowest BCUT2D eigenvalue weighted by molar-refractivity contribution is 1.73. The van der Waals surface area contributed by atoms with E-state index in [1.54, 1.807) is 0 Å². The van der Waals surface area contributed by atoms with Crippen molar-refractivity contribution in [1.82, 2.24) is 0 Å². The normalized spacial score (nSPS) is 11.1. The Labute approximate surface area is 285 Å². The van der Waals surface area contributed by atoms with Crippen LogP contribution in [0.2, 0.25) is 10.0 Å². The van der Waals surface area contributed by atoms with Gasteiger partial charge in [-0.05, 0) is 101 Å². The standard InChI is InChI=1S/C18H9Br2Cl.C18H11Cl.Br2/c19-17-8-15-12-6-5-10(21)7-16(12)18(20)9-14(15)11-3-1-2-4-13(11)17;19-14-7-10-16-13(11-14)6-9-17-15-4-2-1-3-12(15)5-8-18(16)17;1-2/h1-9H;1-11H;. The SMILES string of the molecule is BrBr.Clc1ccc2c(c1)c(Br)cc1c3ccccc3c(Br)cc21.Clc1ccc2c(ccc3c4ccccc4ccc23)c1. The van der Waals surface area contributed by atoms with Gasteiger partial charge in [-0.25, -0.2) is 0 Å². The van der Waals surface area contributed by atoms with Gasteiger partial charge in [0.2, 0.25) is 0 Å². The topological polar surface area (TPSA) is 0 Å². The van der Waals surface area contributed by atoms with Crippen LogP contribution in [0, 0.1) is 0 Å². The minimum atomic E-state index is 0.752. The van der Waals surface area contributed by atoms with Gasteiger partial charge in [-0.2, -0.15) is 0 Å². The second-order valence-corrected chi connectivity index (χ2v) is 12.4. The maximum absolute atomic E-state index is 6.14. The first-order valence-electron chi connectivity index (χ1n) is 13.0. The molecule has 8 aromatic rings. The van der Waals surface area contributed by atoms with Crippen LogP contribution in [0.15, 0.2) is 130 Å². The minimum absolute atomic E-state index is 0.752. The second-order valence-electron chi connectivity index (χ2n) is 9.86. The van der Waals surface area contributed by atoms with E-state index in [0.717, 1.165) is 24.4 Å². The van der Waals surface area contributed by atoms with Gasteiger partial charge in [-0.1, -0.05) is 140 Å². The van der Waals surface area contributed by atoms with E-state index in [-0.39, 0.29) is 0 Å². The van der Waals surface area contributed by atoms with E-state index >= 15 is 0 Å². The van der Waals surface area contributed by atoms with Crippen LogP contribution in [0.1, 0.15) is 0 Å². The van der Waals surface area contributed by atoms with E-state index in [1.165, 1.54) is 59.2 Å². The zero-order chi connectivity index (χ0) is 29.4. The summed E-state index contributed by atoms with van der Waals surface area (Å²) in [4.78, 5) is 0. The van der Waals surface area contributed by atoms with E-state index in [2.05, 4.69) is 157 Å². The molecular weight excluding hydrogens is 823 g/mol. The fraction of sp³-hybridized carbons (Fsp3) is 0. The fourth-order valence-electron chi connectivity index (χ4n) is 5.69. The lowest BCUT2D eigenvalue weighted by atomic mass is 9.97. The summed E-state index contributed by atoms with van der Waals surface area (Å²) in [6.07, 6.45) is 0. The van der Waals surface area contributed by atoms with Crippen LogP contribution in [-0.4, -0.2) is 0 Å². The Kier molecular flexibility index (Phi) is 9.12. The van der Waals surface area contributed by atoms with Crippen molar-refractivity contribution >= 4 is 148 Å². The Balaban J connectivity index is 0.000000143. The van der Waals surface area contributed by atoms with Gasteiger partial charge in [0.15, 0.2) is 0 Å². The summed E-state index contributed by atoms with van der Waals surface area (Å²) in [5, 5.41) is 16.4. The zero-order valence-electron chi connectivity index (χ0n) is 21.8. The molecule has 0 bridgehead atoms. The molecule has 0 saturated carbocycles. The van der Waals surface area contributed by atoms with E-state index in [9.17, 15) is 0 Å². The predicted octanol–water partition coefficient (Wildman–Crippen LogP) is 14.8. The summed E-state index contributed by atoms with van der Waals surface area (Å²) < 4.78 is 2.18.